The molecule has 4 aliphatic carbocycles. The maximum Gasteiger partial charge on any atom is 0.223 e. The van der Waals surface area contributed by atoms with Crippen molar-refractivity contribution in [3.8, 4) is 0 Å². The summed E-state index contributed by atoms with van der Waals surface area (Å²) in [5.74, 6) is 0.0761. The summed E-state index contributed by atoms with van der Waals surface area (Å²) in [4.78, 5) is 24.6. The van der Waals surface area contributed by atoms with E-state index < -0.39 is 5.60 Å². The summed E-state index contributed by atoms with van der Waals surface area (Å²) in [5, 5.41) is 14.2. The Morgan fingerprint density at radius 3 is 2.85 bits per heavy atom. The molecule has 3 aromatic rings. The number of pyridine rings is 1. The molecule has 0 atom stereocenters. The second-order valence-corrected chi connectivity index (χ2v) is 8.97. The molecule has 0 aromatic carbocycles. The molecular formula is C19H21N5O2. The zero-order chi connectivity index (χ0) is 17.7. The maximum atomic E-state index is 12.4. The van der Waals surface area contributed by atoms with Gasteiger partial charge in [-0.1, -0.05) is 0 Å². The van der Waals surface area contributed by atoms with E-state index in [0.717, 1.165) is 41.3 Å². The highest BCUT2D eigenvalue weighted by atomic mass is 16.3. The molecule has 0 radical (unpaired) electrons. The van der Waals surface area contributed by atoms with Crippen LogP contribution in [0.25, 0.3) is 22.1 Å². The summed E-state index contributed by atoms with van der Waals surface area (Å²) in [6.07, 6.45) is 9.65. The van der Waals surface area contributed by atoms with Gasteiger partial charge in [-0.3, -0.25) is 4.79 Å². The van der Waals surface area contributed by atoms with E-state index in [-0.39, 0.29) is 22.9 Å². The van der Waals surface area contributed by atoms with Crippen LogP contribution in [0.4, 0.5) is 0 Å². The highest BCUT2D eigenvalue weighted by Gasteiger charge is 2.70. The predicted molar refractivity (Wildman–Crippen MR) is 95.4 cm³/mol. The van der Waals surface area contributed by atoms with Crippen LogP contribution >= 0.6 is 0 Å². The number of aromatic amines is 1. The van der Waals surface area contributed by atoms with Gasteiger partial charge in [-0.15, -0.1) is 0 Å². The summed E-state index contributed by atoms with van der Waals surface area (Å²) in [5.41, 5.74) is 2.28. The van der Waals surface area contributed by atoms with Gasteiger partial charge in [0, 0.05) is 23.0 Å². The van der Waals surface area contributed by atoms with Crippen LogP contribution in [0, 0.1) is 5.92 Å². The third kappa shape index (κ3) is 1.74. The van der Waals surface area contributed by atoms with Crippen molar-refractivity contribution >= 4 is 28.0 Å². The first-order valence-electron chi connectivity index (χ1n) is 9.23. The Morgan fingerprint density at radius 1 is 1.35 bits per heavy atom. The van der Waals surface area contributed by atoms with Crippen LogP contribution in [-0.4, -0.2) is 41.7 Å². The molecule has 7 rings (SSSR count). The summed E-state index contributed by atoms with van der Waals surface area (Å²) in [6.45, 7) is 1.80. The monoisotopic (exact) mass is 351 g/mol. The molecule has 3 N–H and O–H groups in total. The molecule has 0 aliphatic heterocycles. The van der Waals surface area contributed by atoms with E-state index in [4.69, 9.17) is 0 Å². The Balaban J connectivity index is 1.24. The van der Waals surface area contributed by atoms with E-state index >= 15 is 0 Å². The number of hydrogen-bond donors (Lipinski definition) is 3. The fourth-order valence-electron chi connectivity index (χ4n) is 5.54. The number of carbonyl (C=O) groups is 1. The molecular weight excluding hydrogens is 330 g/mol. The molecule has 4 saturated carbocycles. The van der Waals surface area contributed by atoms with Crippen LogP contribution < -0.4 is 5.32 Å². The van der Waals surface area contributed by atoms with Crippen molar-refractivity contribution in [1.82, 2.24) is 24.8 Å². The van der Waals surface area contributed by atoms with Gasteiger partial charge in [0.2, 0.25) is 5.91 Å². The zero-order valence-electron chi connectivity index (χ0n) is 14.6. The van der Waals surface area contributed by atoms with Crippen LogP contribution in [0.1, 0.15) is 39.0 Å². The number of H-pyrrole nitrogens is 1. The number of imidazole rings is 1. The van der Waals surface area contributed by atoms with Gasteiger partial charge in [0.05, 0.1) is 29.2 Å². The number of amides is 1. The Bertz CT molecular complexity index is 1050. The van der Waals surface area contributed by atoms with Crippen LogP contribution in [-0.2, 0) is 10.3 Å². The third-order valence-corrected chi connectivity index (χ3v) is 6.74. The van der Waals surface area contributed by atoms with Crippen molar-refractivity contribution in [3.63, 3.8) is 0 Å². The molecule has 7 nitrogen and oxygen atoms in total. The lowest BCUT2D eigenvalue weighted by Gasteiger charge is -2.71. The largest absolute Gasteiger partial charge is 0.390 e. The molecule has 0 saturated heterocycles. The second-order valence-electron chi connectivity index (χ2n) is 8.97. The average molecular weight is 351 g/mol. The first kappa shape index (κ1) is 14.7. The minimum absolute atomic E-state index is 0.0328. The molecule has 1 amide bonds. The van der Waals surface area contributed by atoms with Gasteiger partial charge in [-0.2, -0.15) is 0 Å². The van der Waals surface area contributed by atoms with Crippen molar-refractivity contribution in [2.75, 3.05) is 0 Å². The minimum atomic E-state index is -0.658. The second kappa shape index (κ2) is 4.28. The Kier molecular flexibility index (Phi) is 2.43. The van der Waals surface area contributed by atoms with E-state index in [1.807, 2.05) is 24.8 Å². The average Bonchev–Trinajstić information content (AvgIpc) is 3.12. The normalized spacial score (nSPS) is 37.8. The first-order valence-corrected chi connectivity index (χ1v) is 9.23. The molecule has 2 bridgehead atoms. The van der Waals surface area contributed by atoms with Gasteiger partial charge in [-0.25, -0.2) is 9.97 Å². The van der Waals surface area contributed by atoms with E-state index in [0.29, 0.717) is 12.8 Å². The van der Waals surface area contributed by atoms with Crippen LogP contribution in [0.15, 0.2) is 24.8 Å². The van der Waals surface area contributed by atoms with Crippen LogP contribution in [0.5, 0.6) is 0 Å². The van der Waals surface area contributed by atoms with E-state index in [2.05, 4.69) is 24.8 Å². The lowest BCUT2D eigenvalue weighted by molar-refractivity contribution is -0.165. The van der Waals surface area contributed by atoms with E-state index in [9.17, 15) is 9.90 Å². The smallest absolute Gasteiger partial charge is 0.223 e. The van der Waals surface area contributed by atoms with Crippen LogP contribution in [0.3, 0.4) is 0 Å². The molecule has 3 heterocycles. The quantitative estimate of drug-likeness (QED) is 0.671. The van der Waals surface area contributed by atoms with Crippen molar-refractivity contribution in [2.45, 2.75) is 55.7 Å². The number of aliphatic hydroxyl groups is 1. The molecule has 7 heteroatoms. The van der Waals surface area contributed by atoms with Crippen LogP contribution in [0.2, 0.25) is 0 Å². The number of nitrogens with zero attached hydrogens (tertiary/aromatic N) is 3. The van der Waals surface area contributed by atoms with Gasteiger partial charge >= 0.3 is 0 Å². The fourth-order valence-corrected chi connectivity index (χ4v) is 5.54. The van der Waals surface area contributed by atoms with Gasteiger partial charge in [0.15, 0.2) is 0 Å². The van der Waals surface area contributed by atoms with E-state index in [1.165, 1.54) is 0 Å². The van der Waals surface area contributed by atoms with Gasteiger partial charge in [0.1, 0.15) is 11.2 Å². The molecule has 134 valence electrons. The number of rotatable bonds is 3. The molecule has 26 heavy (non-hydrogen) atoms. The molecule has 4 fully saturated rings. The number of carbonyl (C=O) groups excluding carboxylic acids is 1. The van der Waals surface area contributed by atoms with Gasteiger partial charge in [-0.05, 0) is 45.1 Å². The lowest BCUT2D eigenvalue weighted by atomic mass is 9.43. The van der Waals surface area contributed by atoms with Crippen molar-refractivity contribution in [3.05, 3.63) is 24.8 Å². The first-order chi connectivity index (χ1) is 12.4. The molecule has 3 aromatic heterocycles. The van der Waals surface area contributed by atoms with Crippen molar-refractivity contribution in [2.24, 2.45) is 5.92 Å². The third-order valence-electron chi connectivity index (χ3n) is 6.74. The predicted octanol–water partition coefficient (Wildman–Crippen LogP) is 1.82. The number of aromatic nitrogens is 4. The SMILES string of the molecule is CC1(O)CC(C(=O)NC23CC(n4cnc5cnc6[nH]ccc6c54)(C2)C3)C1. The highest BCUT2D eigenvalue weighted by molar-refractivity contribution is 6.01. The number of hydrogen-bond acceptors (Lipinski definition) is 4. The summed E-state index contributed by atoms with van der Waals surface area (Å²) in [7, 11) is 0. The van der Waals surface area contributed by atoms with Gasteiger partial charge < -0.3 is 20.0 Å². The summed E-state index contributed by atoms with van der Waals surface area (Å²) in [6, 6.07) is 2.05. The number of nitrogens with one attached hydrogen (secondary N) is 2. The summed E-state index contributed by atoms with van der Waals surface area (Å²) >= 11 is 0. The highest BCUT2D eigenvalue weighted by Crippen LogP contribution is 2.66. The standard InChI is InChI=1S/C19H21N5O2/c1-17(26)4-11(5-17)16(25)23-18-7-19(8-18,9-18)24-10-22-13-6-21-15-12(14(13)24)2-3-20-15/h2-3,6,10-11,26H,4-5,7-9H2,1H3,(H,20,21)(H,23,25). The minimum Gasteiger partial charge on any atom is -0.390 e. The van der Waals surface area contributed by atoms with Crippen molar-refractivity contribution < 1.29 is 9.90 Å². The Hall–Kier alpha value is -2.41. The van der Waals surface area contributed by atoms with E-state index in [1.54, 1.807) is 6.92 Å². The molecule has 4 aliphatic rings. The Labute approximate surface area is 149 Å². The molecule has 0 unspecified atom stereocenters. The topological polar surface area (TPSA) is 95.8 Å². The van der Waals surface area contributed by atoms with Crippen molar-refractivity contribution in [1.29, 1.82) is 0 Å². The number of fused-ring (bicyclic) bond motifs is 3. The molecule has 0 spiro atoms. The van der Waals surface area contributed by atoms with Gasteiger partial charge in [0.25, 0.3) is 0 Å². The Morgan fingerprint density at radius 2 is 2.12 bits per heavy atom. The summed E-state index contributed by atoms with van der Waals surface area (Å²) < 4.78 is 2.29. The maximum absolute atomic E-state index is 12.4. The lowest BCUT2D eigenvalue weighted by Crippen LogP contribution is -2.79. The fraction of sp³-hybridized carbons (Fsp3) is 0.526. The zero-order valence-corrected chi connectivity index (χ0v) is 14.6.